The van der Waals surface area contributed by atoms with Crippen molar-refractivity contribution in [2.75, 3.05) is 38.2 Å². The fourth-order valence-corrected chi connectivity index (χ4v) is 5.56. The molecule has 14 heteroatoms. The van der Waals surface area contributed by atoms with Crippen molar-refractivity contribution in [3.63, 3.8) is 0 Å². The zero-order chi connectivity index (χ0) is 28.9. The lowest BCUT2D eigenvalue weighted by Gasteiger charge is -2.42. The van der Waals surface area contributed by atoms with Crippen molar-refractivity contribution in [2.24, 2.45) is 0 Å². The minimum atomic E-state index is -1.37. The minimum absolute atomic E-state index is 0.000581. The van der Waals surface area contributed by atoms with Crippen LogP contribution in [-0.2, 0) is 6.54 Å². The van der Waals surface area contributed by atoms with Gasteiger partial charge in [0.15, 0.2) is 17.4 Å². The Hall–Kier alpha value is -4.04. The van der Waals surface area contributed by atoms with E-state index in [0.717, 1.165) is 18.9 Å². The van der Waals surface area contributed by atoms with E-state index in [1.807, 2.05) is 16.7 Å². The first-order chi connectivity index (χ1) is 19.0. The zero-order valence-electron chi connectivity index (χ0n) is 22.4. The molecule has 3 heterocycles. The van der Waals surface area contributed by atoms with E-state index < -0.39 is 33.8 Å². The van der Waals surface area contributed by atoms with E-state index >= 15 is 4.39 Å². The number of pyridine rings is 1. The quantitative estimate of drug-likeness (QED) is 0.295. The summed E-state index contributed by atoms with van der Waals surface area (Å²) in [6.07, 6.45) is 3.21. The Bertz CT molecular complexity index is 1550. The van der Waals surface area contributed by atoms with Gasteiger partial charge in [0.05, 0.1) is 18.0 Å². The van der Waals surface area contributed by atoms with Crippen molar-refractivity contribution >= 4 is 28.4 Å². The first-order valence-electron chi connectivity index (χ1n) is 13.0. The van der Waals surface area contributed by atoms with Gasteiger partial charge in [-0.05, 0) is 30.8 Å². The number of imidazole rings is 1. The third-order valence-electron chi connectivity index (χ3n) is 7.71. The number of carboxylic acids is 1. The summed E-state index contributed by atoms with van der Waals surface area (Å²) in [6.45, 7) is 5.08. The predicted molar refractivity (Wildman–Crippen MR) is 143 cm³/mol. The highest BCUT2D eigenvalue weighted by atomic mass is 19.1. The SMILES string of the molecule is COc1c(N2CCN(C[C@@H](O)Cn3c([N+](=O)[O-])cnc3C)C(C)C2)c(F)cc2c(=O)c(C(=O)O)cn(C3CC3)c12. The van der Waals surface area contributed by atoms with E-state index in [-0.39, 0.29) is 47.8 Å². The van der Waals surface area contributed by atoms with E-state index in [2.05, 4.69) is 4.98 Å². The number of aromatic carboxylic acids is 1. The number of nitro groups is 1. The monoisotopic (exact) mass is 558 g/mol. The molecule has 0 amide bonds. The number of hydrogen-bond acceptors (Lipinski definition) is 9. The number of aryl methyl sites for hydroxylation is 1. The number of ether oxygens (including phenoxy) is 1. The van der Waals surface area contributed by atoms with Gasteiger partial charge in [-0.3, -0.25) is 9.69 Å². The van der Waals surface area contributed by atoms with Crippen molar-refractivity contribution < 1.29 is 29.1 Å². The van der Waals surface area contributed by atoms with Gasteiger partial charge in [0.25, 0.3) is 0 Å². The number of aliphatic hydroxyl groups is 1. The lowest BCUT2D eigenvalue weighted by Crippen LogP contribution is -2.54. The molecule has 2 fully saturated rings. The molecule has 1 aromatic carbocycles. The molecule has 1 saturated carbocycles. The van der Waals surface area contributed by atoms with Crippen LogP contribution in [0.25, 0.3) is 10.9 Å². The molecule has 0 spiro atoms. The number of rotatable bonds is 9. The summed E-state index contributed by atoms with van der Waals surface area (Å²) in [5, 5.41) is 31.5. The summed E-state index contributed by atoms with van der Waals surface area (Å²) in [5.74, 6) is -1.62. The van der Waals surface area contributed by atoms with E-state index in [1.165, 1.54) is 24.1 Å². The Kier molecular flexibility index (Phi) is 7.23. The summed E-state index contributed by atoms with van der Waals surface area (Å²) >= 11 is 0. The van der Waals surface area contributed by atoms with Gasteiger partial charge in [-0.25, -0.2) is 18.7 Å². The molecule has 13 nitrogen and oxygen atoms in total. The minimum Gasteiger partial charge on any atom is -0.492 e. The molecule has 1 aliphatic heterocycles. The second kappa shape index (κ2) is 10.5. The first-order valence-corrected chi connectivity index (χ1v) is 13.0. The van der Waals surface area contributed by atoms with E-state index in [9.17, 15) is 29.9 Å². The van der Waals surface area contributed by atoms with Crippen LogP contribution < -0.4 is 15.1 Å². The summed E-state index contributed by atoms with van der Waals surface area (Å²) in [6, 6.07) is 0.977. The average Bonchev–Trinajstić information content (AvgIpc) is 3.68. The number of aliphatic hydroxyl groups excluding tert-OH is 1. The van der Waals surface area contributed by atoms with Crippen molar-refractivity contribution in [1.82, 2.24) is 19.0 Å². The first kappa shape index (κ1) is 27.5. The van der Waals surface area contributed by atoms with Crippen molar-refractivity contribution in [2.45, 2.75) is 51.4 Å². The van der Waals surface area contributed by atoms with Crippen LogP contribution in [0.1, 0.15) is 42.0 Å². The van der Waals surface area contributed by atoms with Gasteiger partial charge in [-0.1, -0.05) is 0 Å². The maximum absolute atomic E-state index is 15.7. The molecular formula is C26H31FN6O7. The highest BCUT2D eigenvalue weighted by Gasteiger charge is 2.34. The van der Waals surface area contributed by atoms with Crippen LogP contribution in [0.2, 0.25) is 0 Å². The maximum atomic E-state index is 15.7. The van der Waals surface area contributed by atoms with Gasteiger partial charge in [-0.15, -0.1) is 0 Å². The Labute approximate surface area is 228 Å². The molecule has 2 atom stereocenters. The Balaban J connectivity index is 1.41. The van der Waals surface area contributed by atoms with E-state index in [4.69, 9.17) is 4.74 Å². The number of fused-ring (bicyclic) bond motifs is 1. The number of carboxylic acid groups (broad SMARTS) is 1. The Morgan fingerprint density at radius 2 is 2.05 bits per heavy atom. The molecule has 40 heavy (non-hydrogen) atoms. The maximum Gasteiger partial charge on any atom is 0.342 e. The normalized spacial score (nSPS) is 18.7. The molecule has 2 aromatic heterocycles. The summed E-state index contributed by atoms with van der Waals surface area (Å²) in [7, 11) is 1.40. The molecule has 0 bridgehead atoms. The molecule has 2 N–H and O–H groups in total. The van der Waals surface area contributed by atoms with Gasteiger partial charge in [-0.2, -0.15) is 0 Å². The second-order valence-electron chi connectivity index (χ2n) is 10.4. The van der Waals surface area contributed by atoms with Crippen LogP contribution in [0.3, 0.4) is 0 Å². The van der Waals surface area contributed by atoms with Gasteiger partial charge in [0.2, 0.25) is 5.43 Å². The number of methoxy groups -OCH3 is 1. The lowest BCUT2D eigenvalue weighted by molar-refractivity contribution is -0.392. The molecule has 0 radical (unpaired) electrons. The van der Waals surface area contributed by atoms with Gasteiger partial charge < -0.3 is 34.5 Å². The van der Waals surface area contributed by atoms with E-state index in [1.54, 1.807) is 11.5 Å². The molecule has 3 aromatic rings. The topological polar surface area (TPSA) is 156 Å². The summed E-state index contributed by atoms with van der Waals surface area (Å²) < 4.78 is 24.4. The fourth-order valence-electron chi connectivity index (χ4n) is 5.56. The third kappa shape index (κ3) is 4.88. The summed E-state index contributed by atoms with van der Waals surface area (Å²) in [5.41, 5.74) is -0.600. The van der Waals surface area contributed by atoms with Crippen LogP contribution in [0.15, 0.2) is 23.3 Å². The predicted octanol–water partition coefficient (Wildman–Crippen LogP) is 2.17. The van der Waals surface area contributed by atoms with Gasteiger partial charge in [0, 0.05) is 51.4 Å². The summed E-state index contributed by atoms with van der Waals surface area (Å²) in [4.78, 5) is 43.2. The molecule has 2 aliphatic rings. The molecular weight excluding hydrogens is 527 g/mol. The highest BCUT2D eigenvalue weighted by molar-refractivity contribution is 5.97. The van der Waals surface area contributed by atoms with Crippen LogP contribution in [0.5, 0.6) is 5.75 Å². The molecule has 214 valence electrons. The average molecular weight is 559 g/mol. The van der Waals surface area contributed by atoms with Crippen LogP contribution in [-0.4, -0.2) is 85.6 Å². The number of nitrogens with zero attached hydrogens (tertiary/aromatic N) is 6. The largest absolute Gasteiger partial charge is 0.492 e. The van der Waals surface area contributed by atoms with Gasteiger partial charge >= 0.3 is 11.8 Å². The number of hydrogen-bond donors (Lipinski definition) is 2. The van der Waals surface area contributed by atoms with Crippen LogP contribution in [0.4, 0.5) is 15.9 Å². The number of anilines is 1. The lowest BCUT2D eigenvalue weighted by atomic mass is 10.1. The number of halogens is 1. The second-order valence-corrected chi connectivity index (χ2v) is 10.4. The fraction of sp³-hybridized carbons (Fsp3) is 0.500. The molecule has 1 aliphatic carbocycles. The number of piperazine rings is 1. The number of benzene rings is 1. The zero-order valence-corrected chi connectivity index (χ0v) is 22.4. The van der Waals surface area contributed by atoms with E-state index in [0.29, 0.717) is 31.0 Å². The molecule has 5 rings (SSSR count). The Morgan fingerprint density at radius 1 is 1.32 bits per heavy atom. The standard InChI is InChI=1S/C26H31FN6O7/c1-14-10-30(7-6-29(14)11-17(34)12-31-15(2)28-9-21(31)33(38)39)23-20(27)8-18-22(25(23)40-3)32(16-4-5-16)13-19(24(18)35)26(36)37/h8-9,13-14,16-17,34H,4-7,10-12H2,1-3H3,(H,36,37)/t14?,17-/m1/s1. The van der Waals surface area contributed by atoms with Gasteiger partial charge in [0.1, 0.15) is 30.1 Å². The number of aromatic nitrogens is 3. The van der Waals surface area contributed by atoms with Crippen LogP contribution in [0, 0.1) is 22.9 Å². The third-order valence-corrected chi connectivity index (χ3v) is 7.71. The highest BCUT2D eigenvalue weighted by Crippen LogP contribution is 2.44. The Morgan fingerprint density at radius 3 is 2.65 bits per heavy atom. The molecule has 1 unspecified atom stereocenters. The van der Waals surface area contributed by atoms with Crippen molar-refractivity contribution in [3.8, 4) is 5.75 Å². The number of carbonyl (C=O) groups is 1. The van der Waals surface area contributed by atoms with Crippen LogP contribution >= 0.6 is 0 Å². The number of β-amino-alcohol motifs (C(OH)–C–C–N with tert-alkyl or cyclic N) is 1. The van der Waals surface area contributed by atoms with Crippen molar-refractivity contribution in [3.05, 3.63) is 56.0 Å². The van der Waals surface area contributed by atoms with Crippen molar-refractivity contribution in [1.29, 1.82) is 0 Å². The smallest absolute Gasteiger partial charge is 0.342 e. The molecule has 1 saturated heterocycles.